The lowest BCUT2D eigenvalue weighted by molar-refractivity contribution is -0.384. The van der Waals surface area contributed by atoms with Crippen molar-refractivity contribution in [2.24, 2.45) is 0 Å². The van der Waals surface area contributed by atoms with Crippen molar-refractivity contribution < 1.29 is 19.2 Å². The molecule has 3 N–H and O–H groups in total. The molecule has 4 rings (SSSR count). The highest BCUT2D eigenvalue weighted by molar-refractivity contribution is 6.01. The van der Waals surface area contributed by atoms with Crippen molar-refractivity contribution in [2.45, 2.75) is 46.0 Å². The minimum absolute atomic E-state index is 0.0697. The fourth-order valence-corrected chi connectivity index (χ4v) is 4.82. The predicted octanol–water partition coefficient (Wildman–Crippen LogP) is 8.88. The third-order valence-electron chi connectivity index (χ3n) is 7.16. The fraction of sp³-hybridized carbons (Fsp3) is 0.257. The number of carbonyl (C=O) groups is 2. The average molecular weight is 610 g/mol. The number of urea groups is 2. The van der Waals surface area contributed by atoms with Crippen LogP contribution in [-0.2, 0) is 0 Å². The third kappa shape index (κ3) is 9.06. The lowest BCUT2D eigenvalue weighted by atomic mass is 9.93. The van der Waals surface area contributed by atoms with Gasteiger partial charge in [-0.15, -0.1) is 0 Å². The number of hydrogen-bond acceptors (Lipinski definition) is 5. The zero-order valence-electron chi connectivity index (χ0n) is 25.9. The third-order valence-corrected chi connectivity index (χ3v) is 7.16. The minimum atomic E-state index is -0.495. The van der Waals surface area contributed by atoms with Crippen LogP contribution < -0.4 is 25.6 Å². The Balaban J connectivity index is 1.43. The number of amides is 4. The van der Waals surface area contributed by atoms with Crippen LogP contribution in [0, 0.1) is 10.1 Å². The zero-order valence-corrected chi connectivity index (χ0v) is 25.9. The zero-order chi connectivity index (χ0) is 32.3. The van der Waals surface area contributed by atoms with Crippen LogP contribution in [0.15, 0.2) is 97.1 Å². The number of hydrogen-bond donors (Lipinski definition) is 3. The largest absolute Gasteiger partial charge is 0.457 e. The van der Waals surface area contributed by atoms with E-state index < -0.39 is 11.0 Å². The van der Waals surface area contributed by atoms with Gasteiger partial charge in [-0.1, -0.05) is 64.1 Å². The van der Waals surface area contributed by atoms with Gasteiger partial charge in [0.2, 0.25) is 0 Å². The van der Waals surface area contributed by atoms with Gasteiger partial charge >= 0.3 is 12.1 Å². The Morgan fingerprint density at radius 3 is 1.96 bits per heavy atom. The van der Waals surface area contributed by atoms with Gasteiger partial charge in [0.1, 0.15) is 11.5 Å². The number of nitro groups is 1. The molecule has 0 fully saturated rings. The second-order valence-electron chi connectivity index (χ2n) is 11.2. The molecular formula is C35H39N5O5. The van der Waals surface area contributed by atoms with Crippen molar-refractivity contribution >= 4 is 34.8 Å². The molecule has 0 unspecified atom stereocenters. The molecule has 234 valence electrons. The molecular weight excluding hydrogens is 570 g/mol. The number of para-hydroxylation sites is 2. The number of ether oxygens (including phenoxy) is 1. The van der Waals surface area contributed by atoms with Gasteiger partial charge in [0, 0.05) is 42.3 Å². The van der Waals surface area contributed by atoms with E-state index in [0.717, 1.165) is 16.8 Å². The molecule has 0 atom stereocenters. The lowest BCUT2D eigenvalue weighted by Gasteiger charge is -2.24. The number of anilines is 3. The highest BCUT2D eigenvalue weighted by atomic mass is 16.6. The number of rotatable bonds is 12. The van der Waals surface area contributed by atoms with E-state index in [1.54, 1.807) is 29.2 Å². The summed E-state index contributed by atoms with van der Waals surface area (Å²) in [5.74, 6) is 1.79. The number of non-ortho nitro benzene ring substituents is 1. The van der Waals surface area contributed by atoms with Crippen molar-refractivity contribution in [1.82, 2.24) is 5.32 Å². The molecule has 0 spiro atoms. The summed E-state index contributed by atoms with van der Waals surface area (Å²) in [5, 5.41) is 19.8. The monoisotopic (exact) mass is 609 g/mol. The first kappa shape index (κ1) is 32.5. The summed E-state index contributed by atoms with van der Waals surface area (Å²) < 4.78 is 5.89. The molecule has 0 aliphatic rings. The predicted molar refractivity (Wildman–Crippen MR) is 179 cm³/mol. The Hall–Kier alpha value is -5.38. The normalized spacial score (nSPS) is 10.8. The molecule has 0 aliphatic heterocycles. The molecule has 0 aromatic heterocycles. The van der Waals surface area contributed by atoms with Crippen LogP contribution in [0.2, 0.25) is 0 Å². The SMILES string of the molecule is CC(C)c1cccc(C(C)C)c1NC(=O)NCCCN(C(=O)Nc1ccc([N+](=O)[O-])cc1)c1ccc(Oc2ccccc2)cc1. The van der Waals surface area contributed by atoms with Crippen LogP contribution in [0.4, 0.5) is 32.3 Å². The summed E-state index contributed by atoms with van der Waals surface area (Å²) in [6.45, 7) is 9.00. The van der Waals surface area contributed by atoms with Crippen LogP contribution in [0.1, 0.15) is 57.1 Å². The summed E-state index contributed by atoms with van der Waals surface area (Å²) >= 11 is 0. The van der Waals surface area contributed by atoms with Crippen LogP contribution in [0.3, 0.4) is 0 Å². The van der Waals surface area contributed by atoms with E-state index in [1.807, 2.05) is 48.5 Å². The molecule has 10 nitrogen and oxygen atoms in total. The van der Waals surface area contributed by atoms with E-state index in [-0.39, 0.29) is 30.1 Å². The first-order chi connectivity index (χ1) is 21.6. The summed E-state index contributed by atoms with van der Waals surface area (Å²) in [6, 6.07) is 27.5. The fourth-order valence-electron chi connectivity index (χ4n) is 4.82. The molecule has 0 saturated heterocycles. The van der Waals surface area contributed by atoms with Crippen LogP contribution in [0.5, 0.6) is 11.5 Å². The summed E-state index contributed by atoms with van der Waals surface area (Å²) in [5.41, 5.74) is 3.95. The molecule has 10 heteroatoms. The maximum Gasteiger partial charge on any atom is 0.326 e. The van der Waals surface area contributed by atoms with Gasteiger partial charge in [-0.3, -0.25) is 15.0 Å². The van der Waals surface area contributed by atoms with E-state index in [1.165, 1.54) is 24.3 Å². The second-order valence-corrected chi connectivity index (χ2v) is 11.2. The Bertz CT molecular complexity index is 1560. The van der Waals surface area contributed by atoms with Gasteiger partial charge in [0.15, 0.2) is 0 Å². The van der Waals surface area contributed by atoms with Gasteiger partial charge in [-0.05, 0) is 77.9 Å². The summed E-state index contributed by atoms with van der Waals surface area (Å²) in [6.07, 6.45) is 0.465. The standard InChI is InChI=1S/C35H39N5O5/c1-24(2)31-12-8-13-32(25(3)4)33(31)38-34(41)36-22-9-23-39(35(42)37-26-14-16-28(17-15-26)40(43)44)27-18-20-30(21-19-27)45-29-10-6-5-7-11-29/h5-8,10-21,24-25H,9,22-23H2,1-4H3,(H,37,42)(H2,36,38,41). The maximum atomic E-state index is 13.4. The van der Waals surface area contributed by atoms with Gasteiger partial charge in [-0.25, -0.2) is 9.59 Å². The van der Waals surface area contributed by atoms with Gasteiger partial charge in [-0.2, -0.15) is 0 Å². The topological polar surface area (TPSA) is 126 Å². The van der Waals surface area contributed by atoms with E-state index in [0.29, 0.717) is 35.8 Å². The summed E-state index contributed by atoms with van der Waals surface area (Å²) in [4.78, 5) is 38.5. The smallest absolute Gasteiger partial charge is 0.326 e. The summed E-state index contributed by atoms with van der Waals surface area (Å²) in [7, 11) is 0. The molecule has 45 heavy (non-hydrogen) atoms. The number of carbonyl (C=O) groups excluding carboxylic acids is 2. The molecule has 0 heterocycles. The van der Waals surface area contributed by atoms with Crippen LogP contribution >= 0.6 is 0 Å². The van der Waals surface area contributed by atoms with Crippen molar-refractivity contribution in [2.75, 3.05) is 28.6 Å². The lowest BCUT2D eigenvalue weighted by Crippen LogP contribution is -2.38. The van der Waals surface area contributed by atoms with E-state index in [2.05, 4.69) is 43.6 Å². The highest BCUT2D eigenvalue weighted by Gasteiger charge is 2.18. The number of nitrogens with zero attached hydrogens (tertiary/aromatic N) is 2. The Kier molecular flexibility index (Phi) is 11.1. The van der Waals surface area contributed by atoms with Gasteiger partial charge < -0.3 is 20.7 Å². The molecule has 4 amide bonds. The van der Waals surface area contributed by atoms with Crippen molar-refractivity contribution in [3.05, 3.63) is 118 Å². The molecule has 0 aliphatic carbocycles. The van der Waals surface area contributed by atoms with Crippen LogP contribution in [-0.4, -0.2) is 30.1 Å². The number of nitro benzene ring substituents is 1. The van der Waals surface area contributed by atoms with Gasteiger partial charge in [0.25, 0.3) is 5.69 Å². The molecule has 0 saturated carbocycles. The van der Waals surface area contributed by atoms with Crippen molar-refractivity contribution in [3.63, 3.8) is 0 Å². The highest BCUT2D eigenvalue weighted by Crippen LogP contribution is 2.32. The average Bonchev–Trinajstić information content (AvgIpc) is 3.02. The second kappa shape index (κ2) is 15.4. The van der Waals surface area contributed by atoms with E-state index in [4.69, 9.17) is 4.74 Å². The van der Waals surface area contributed by atoms with E-state index in [9.17, 15) is 19.7 Å². The number of nitrogens with one attached hydrogen (secondary N) is 3. The maximum absolute atomic E-state index is 13.4. The molecule has 0 bridgehead atoms. The molecule has 4 aromatic carbocycles. The van der Waals surface area contributed by atoms with Crippen molar-refractivity contribution in [1.29, 1.82) is 0 Å². The quantitative estimate of drug-likeness (QED) is 0.0840. The Morgan fingerprint density at radius 1 is 0.778 bits per heavy atom. The molecule has 4 aromatic rings. The van der Waals surface area contributed by atoms with E-state index >= 15 is 0 Å². The first-order valence-corrected chi connectivity index (χ1v) is 15.0. The molecule has 0 radical (unpaired) electrons. The Labute approximate surface area is 263 Å². The first-order valence-electron chi connectivity index (χ1n) is 15.0. The number of benzene rings is 4. The van der Waals surface area contributed by atoms with Crippen molar-refractivity contribution in [3.8, 4) is 11.5 Å². The van der Waals surface area contributed by atoms with Gasteiger partial charge in [0.05, 0.1) is 4.92 Å². The minimum Gasteiger partial charge on any atom is -0.457 e. The Morgan fingerprint density at radius 2 is 1.38 bits per heavy atom. The van der Waals surface area contributed by atoms with Crippen LogP contribution in [0.25, 0.3) is 0 Å².